The molecule has 1 atom stereocenters. The normalized spacial score (nSPS) is 12.2. The van der Waals surface area contributed by atoms with Crippen molar-refractivity contribution in [3.8, 4) is 5.75 Å². The number of aliphatic hydroxyl groups excluding tert-OH is 1. The van der Waals surface area contributed by atoms with Gasteiger partial charge in [0.2, 0.25) is 5.13 Å². The Morgan fingerprint density at radius 2 is 2.09 bits per heavy atom. The zero-order valence-electron chi connectivity index (χ0n) is 11.8. The maximum Gasteiger partial charge on any atom is 0.206 e. The molecule has 0 amide bonds. The Morgan fingerprint density at radius 3 is 2.77 bits per heavy atom. The van der Waals surface area contributed by atoms with Crippen molar-refractivity contribution in [2.45, 2.75) is 17.4 Å². The van der Waals surface area contributed by atoms with E-state index in [1.165, 1.54) is 23.1 Å². The van der Waals surface area contributed by atoms with E-state index in [2.05, 4.69) is 15.5 Å². The number of hydrogen-bond acceptors (Lipinski definition) is 7. The third-order valence-electron chi connectivity index (χ3n) is 2.47. The van der Waals surface area contributed by atoms with Gasteiger partial charge < -0.3 is 15.2 Å². The molecular formula is C13H15Cl2N3O2S2. The average molecular weight is 380 g/mol. The molecule has 1 aromatic heterocycles. The van der Waals surface area contributed by atoms with E-state index in [0.29, 0.717) is 21.5 Å². The first-order chi connectivity index (χ1) is 10.6. The van der Waals surface area contributed by atoms with Crippen LogP contribution < -0.4 is 10.1 Å². The van der Waals surface area contributed by atoms with Crippen LogP contribution in [0.5, 0.6) is 5.75 Å². The van der Waals surface area contributed by atoms with E-state index in [1.54, 1.807) is 18.2 Å². The quantitative estimate of drug-likeness (QED) is 0.679. The molecule has 0 aliphatic heterocycles. The Bertz CT molecular complexity index is 592. The lowest BCUT2D eigenvalue weighted by Crippen LogP contribution is -2.20. The topological polar surface area (TPSA) is 67.3 Å². The summed E-state index contributed by atoms with van der Waals surface area (Å²) in [5.41, 5.74) is 0. The number of aromatic nitrogens is 2. The number of benzene rings is 1. The summed E-state index contributed by atoms with van der Waals surface area (Å²) in [4.78, 5) is 0. The highest BCUT2D eigenvalue weighted by Gasteiger charge is 2.12. The van der Waals surface area contributed by atoms with Crippen molar-refractivity contribution in [2.75, 3.05) is 24.2 Å². The minimum Gasteiger partial charge on any atom is -0.488 e. The van der Waals surface area contributed by atoms with Gasteiger partial charge in [-0.2, -0.15) is 0 Å². The molecule has 1 aromatic carbocycles. The average Bonchev–Trinajstić information content (AvgIpc) is 2.93. The Balaban J connectivity index is 1.79. The minimum atomic E-state index is -0.663. The lowest BCUT2D eigenvalue weighted by molar-refractivity contribution is 0.126. The molecule has 2 aromatic rings. The Hall–Kier alpha value is -0.730. The van der Waals surface area contributed by atoms with Crippen LogP contribution in [-0.2, 0) is 0 Å². The van der Waals surface area contributed by atoms with E-state index in [4.69, 9.17) is 27.9 Å². The summed E-state index contributed by atoms with van der Waals surface area (Å²) in [7, 11) is 0. The number of aliphatic hydroxyl groups is 1. The molecule has 1 heterocycles. The van der Waals surface area contributed by atoms with Crippen LogP contribution in [0.2, 0.25) is 10.0 Å². The van der Waals surface area contributed by atoms with Gasteiger partial charge in [-0.15, -0.1) is 10.2 Å². The van der Waals surface area contributed by atoms with Gasteiger partial charge in [-0.3, -0.25) is 0 Å². The Kier molecular flexibility index (Phi) is 7.04. The van der Waals surface area contributed by atoms with Gasteiger partial charge in [0, 0.05) is 12.3 Å². The van der Waals surface area contributed by atoms with Crippen LogP contribution in [0.4, 0.5) is 5.13 Å². The summed E-state index contributed by atoms with van der Waals surface area (Å²) in [5, 5.41) is 22.7. The summed E-state index contributed by atoms with van der Waals surface area (Å²) >= 11 is 14.9. The molecule has 0 saturated carbocycles. The van der Waals surface area contributed by atoms with Gasteiger partial charge in [-0.05, 0) is 19.1 Å². The SMILES string of the molecule is CCNc1nnc(SCC(O)COc2c(Cl)cccc2Cl)s1. The molecule has 0 saturated heterocycles. The van der Waals surface area contributed by atoms with E-state index >= 15 is 0 Å². The standard InChI is InChI=1S/C13H15Cl2N3O2S2/c1-2-16-12-17-18-13(22-12)21-7-8(19)6-20-11-9(14)4-3-5-10(11)15/h3-5,8,19H,2,6-7H2,1H3,(H,16,17). The zero-order valence-corrected chi connectivity index (χ0v) is 14.9. The number of rotatable bonds is 8. The molecule has 0 fully saturated rings. The third kappa shape index (κ3) is 5.17. The summed E-state index contributed by atoms with van der Waals surface area (Å²) < 4.78 is 6.29. The first-order valence-corrected chi connectivity index (χ1v) is 9.11. The van der Waals surface area contributed by atoms with Crippen LogP contribution in [-0.4, -0.2) is 40.3 Å². The zero-order chi connectivity index (χ0) is 15.9. The first-order valence-electron chi connectivity index (χ1n) is 6.55. The molecule has 0 radical (unpaired) electrons. The van der Waals surface area contributed by atoms with E-state index in [-0.39, 0.29) is 6.61 Å². The lowest BCUT2D eigenvalue weighted by atomic mass is 10.3. The monoisotopic (exact) mass is 379 g/mol. The molecule has 9 heteroatoms. The second-order valence-electron chi connectivity index (χ2n) is 4.23. The highest BCUT2D eigenvalue weighted by molar-refractivity contribution is 8.01. The largest absolute Gasteiger partial charge is 0.488 e. The lowest BCUT2D eigenvalue weighted by Gasteiger charge is -2.13. The molecule has 22 heavy (non-hydrogen) atoms. The summed E-state index contributed by atoms with van der Waals surface area (Å²) in [6.07, 6.45) is -0.663. The molecule has 1 unspecified atom stereocenters. The molecule has 2 N–H and O–H groups in total. The maximum atomic E-state index is 9.97. The number of thioether (sulfide) groups is 1. The van der Waals surface area contributed by atoms with Crippen LogP contribution in [0, 0.1) is 0 Å². The molecular weight excluding hydrogens is 365 g/mol. The fraction of sp³-hybridized carbons (Fsp3) is 0.385. The van der Waals surface area contributed by atoms with Crippen LogP contribution in [0.25, 0.3) is 0 Å². The van der Waals surface area contributed by atoms with Crippen LogP contribution in [0.15, 0.2) is 22.5 Å². The number of halogens is 2. The van der Waals surface area contributed by atoms with E-state index < -0.39 is 6.10 Å². The molecule has 2 rings (SSSR count). The number of nitrogens with one attached hydrogen (secondary N) is 1. The molecule has 120 valence electrons. The van der Waals surface area contributed by atoms with Crippen LogP contribution in [0.1, 0.15) is 6.92 Å². The third-order valence-corrected chi connectivity index (χ3v) is 5.23. The molecule has 0 aliphatic rings. The van der Waals surface area contributed by atoms with Crippen LogP contribution in [0.3, 0.4) is 0 Å². The van der Waals surface area contributed by atoms with Crippen molar-refractivity contribution in [3.63, 3.8) is 0 Å². The van der Waals surface area contributed by atoms with E-state index in [9.17, 15) is 5.11 Å². The van der Waals surface area contributed by atoms with Crippen molar-refractivity contribution in [1.29, 1.82) is 0 Å². The van der Waals surface area contributed by atoms with Gasteiger partial charge in [0.1, 0.15) is 6.61 Å². The van der Waals surface area contributed by atoms with Gasteiger partial charge in [0.15, 0.2) is 10.1 Å². The fourth-order valence-electron chi connectivity index (χ4n) is 1.51. The maximum absolute atomic E-state index is 9.97. The van der Waals surface area contributed by atoms with Gasteiger partial charge in [-0.1, -0.05) is 52.4 Å². The van der Waals surface area contributed by atoms with Gasteiger partial charge in [0.25, 0.3) is 0 Å². The second kappa shape index (κ2) is 8.79. The molecule has 0 spiro atoms. The second-order valence-corrected chi connectivity index (χ2v) is 7.29. The van der Waals surface area contributed by atoms with E-state index in [1.807, 2.05) is 6.92 Å². The molecule has 5 nitrogen and oxygen atoms in total. The predicted octanol–water partition coefficient (Wildman–Crippen LogP) is 3.81. The smallest absolute Gasteiger partial charge is 0.206 e. The van der Waals surface area contributed by atoms with Gasteiger partial charge in [-0.25, -0.2) is 0 Å². The Morgan fingerprint density at radius 1 is 1.36 bits per heavy atom. The van der Waals surface area contributed by atoms with Crippen LogP contribution >= 0.6 is 46.3 Å². The molecule has 0 bridgehead atoms. The Labute approximate surface area is 147 Å². The first kappa shape index (κ1) is 17.6. The number of ether oxygens (including phenoxy) is 1. The number of anilines is 1. The summed E-state index contributed by atoms with van der Waals surface area (Å²) in [6.45, 7) is 2.90. The summed E-state index contributed by atoms with van der Waals surface area (Å²) in [5.74, 6) is 0.836. The molecule has 0 aliphatic carbocycles. The predicted molar refractivity (Wildman–Crippen MR) is 92.8 cm³/mol. The van der Waals surface area contributed by atoms with Crippen molar-refractivity contribution in [3.05, 3.63) is 28.2 Å². The summed E-state index contributed by atoms with van der Waals surface area (Å²) in [6, 6.07) is 5.11. The van der Waals surface area contributed by atoms with E-state index in [0.717, 1.165) is 16.0 Å². The number of nitrogens with zero attached hydrogens (tertiary/aromatic N) is 2. The highest BCUT2D eigenvalue weighted by Crippen LogP contribution is 2.32. The number of para-hydroxylation sites is 1. The fourth-order valence-corrected chi connectivity index (χ4v) is 3.76. The minimum absolute atomic E-state index is 0.106. The van der Waals surface area contributed by atoms with Crippen molar-refractivity contribution in [1.82, 2.24) is 10.2 Å². The van der Waals surface area contributed by atoms with Crippen molar-refractivity contribution in [2.24, 2.45) is 0 Å². The van der Waals surface area contributed by atoms with Crippen molar-refractivity contribution >= 4 is 51.4 Å². The van der Waals surface area contributed by atoms with Gasteiger partial charge >= 0.3 is 0 Å². The highest BCUT2D eigenvalue weighted by atomic mass is 35.5. The number of hydrogen-bond donors (Lipinski definition) is 2. The van der Waals surface area contributed by atoms with Crippen molar-refractivity contribution < 1.29 is 9.84 Å². The van der Waals surface area contributed by atoms with Gasteiger partial charge in [0.05, 0.1) is 16.1 Å².